The first kappa shape index (κ1) is 14.5. The molecular weight excluding hydrogens is 264 g/mol. The first-order valence-corrected chi connectivity index (χ1v) is 7.95. The standard InChI is InChI=1S/C13H22N2O3S/c1-12(10(16)17)4-3-7-15(9-12)11(18)14-8-13(19-2)5-6-13/h3-9H2,1-2H3,(H,14,18)(H,16,17). The van der Waals surface area contributed by atoms with Crippen molar-refractivity contribution in [2.24, 2.45) is 5.41 Å². The van der Waals surface area contributed by atoms with Crippen molar-refractivity contribution in [2.45, 2.75) is 37.4 Å². The van der Waals surface area contributed by atoms with Crippen LogP contribution in [0.2, 0.25) is 0 Å². The number of aliphatic carboxylic acids is 1. The summed E-state index contributed by atoms with van der Waals surface area (Å²) in [5.41, 5.74) is -0.799. The van der Waals surface area contributed by atoms with Crippen LogP contribution in [0.25, 0.3) is 0 Å². The number of rotatable bonds is 4. The number of hydrogen-bond acceptors (Lipinski definition) is 3. The highest BCUT2D eigenvalue weighted by Crippen LogP contribution is 2.46. The minimum atomic E-state index is -0.812. The fraction of sp³-hybridized carbons (Fsp3) is 0.846. The lowest BCUT2D eigenvalue weighted by Crippen LogP contribution is -2.52. The summed E-state index contributed by atoms with van der Waals surface area (Å²) in [7, 11) is 0. The molecule has 1 atom stereocenters. The second-order valence-electron chi connectivity index (χ2n) is 5.94. The molecule has 2 amide bonds. The Balaban J connectivity index is 1.87. The molecule has 2 rings (SSSR count). The van der Waals surface area contributed by atoms with Crippen LogP contribution >= 0.6 is 11.8 Å². The number of carbonyl (C=O) groups excluding carboxylic acids is 1. The van der Waals surface area contributed by atoms with Crippen LogP contribution in [0.4, 0.5) is 4.79 Å². The molecule has 1 aliphatic carbocycles. The summed E-state index contributed by atoms with van der Waals surface area (Å²) in [5.74, 6) is -0.812. The lowest BCUT2D eigenvalue weighted by molar-refractivity contribution is -0.150. The number of nitrogens with one attached hydrogen (secondary N) is 1. The molecule has 0 spiro atoms. The van der Waals surface area contributed by atoms with E-state index < -0.39 is 11.4 Å². The SMILES string of the molecule is CSC1(CNC(=O)N2CCCC(C)(C(=O)O)C2)CC1. The second kappa shape index (κ2) is 5.23. The number of likely N-dealkylation sites (tertiary alicyclic amines) is 1. The molecule has 0 aromatic rings. The minimum absolute atomic E-state index is 0.118. The molecule has 0 radical (unpaired) electrons. The van der Waals surface area contributed by atoms with Crippen molar-refractivity contribution >= 4 is 23.8 Å². The summed E-state index contributed by atoms with van der Waals surface area (Å²) in [5, 5.41) is 12.2. The summed E-state index contributed by atoms with van der Waals surface area (Å²) in [4.78, 5) is 25.0. The van der Waals surface area contributed by atoms with E-state index in [1.807, 2.05) is 0 Å². The van der Waals surface area contributed by atoms with Crippen molar-refractivity contribution in [1.29, 1.82) is 0 Å². The van der Waals surface area contributed by atoms with Crippen LogP contribution in [0.3, 0.4) is 0 Å². The Kier molecular flexibility index (Phi) is 3.99. The van der Waals surface area contributed by atoms with Crippen molar-refractivity contribution in [1.82, 2.24) is 10.2 Å². The van der Waals surface area contributed by atoms with E-state index in [1.165, 1.54) is 0 Å². The van der Waals surface area contributed by atoms with Crippen molar-refractivity contribution in [3.05, 3.63) is 0 Å². The van der Waals surface area contributed by atoms with Crippen LogP contribution in [0, 0.1) is 5.41 Å². The van der Waals surface area contributed by atoms with Crippen molar-refractivity contribution in [2.75, 3.05) is 25.9 Å². The van der Waals surface area contributed by atoms with Gasteiger partial charge in [0.25, 0.3) is 0 Å². The van der Waals surface area contributed by atoms with Gasteiger partial charge in [-0.05, 0) is 38.9 Å². The van der Waals surface area contributed by atoms with Crippen molar-refractivity contribution < 1.29 is 14.7 Å². The lowest BCUT2D eigenvalue weighted by atomic mass is 9.82. The molecule has 1 heterocycles. The average Bonchev–Trinajstić information content (AvgIpc) is 3.16. The molecule has 1 aliphatic heterocycles. The van der Waals surface area contributed by atoms with E-state index in [-0.39, 0.29) is 10.8 Å². The fourth-order valence-electron chi connectivity index (χ4n) is 2.53. The van der Waals surface area contributed by atoms with E-state index in [0.717, 1.165) is 19.3 Å². The van der Waals surface area contributed by atoms with E-state index >= 15 is 0 Å². The quantitative estimate of drug-likeness (QED) is 0.826. The maximum Gasteiger partial charge on any atom is 0.317 e. The third-order valence-electron chi connectivity index (χ3n) is 4.30. The molecular formula is C13H22N2O3S. The van der Waals surface area contributed by atoms with Crippen LogP contribution in [0.15, 0.2) is 0 Å². The lowest BCUT2D eigenvalue weighted by Gasteiger charge is -2.37. The average molecular weight is 286 g/mol. The van der Waals surface area contributed by atoms with E-state index in [2.05, 4.69) is 11.6 Å². The zero-order chi connectivity index (χ0) is 14.1. The van der Waals surface area contributed by atoms with Gasteiger partial charge >= 0.3 is 12.0 Å². The fourth-order valence-corrected chi connectivity index (χ4v) is 3.26. The predicted octanol–water partition coefficient (Wildman–Crippen LogP) is 1.78. The zero-order valence-corrected chi connectivity index (χ0v) is 12.4. The van der Waals surface area contributed by atoms with Crippen LogP contribution in [0.5, 0.6) is 0 Å². The molecule has 2 N–H and O–H groups in total. The largest absolute Gasteiger partial charge is 0.481 e. The second-order valence-corrected chi connectivity index (χ2v) is 7.21. The number of hydrogen-bond donors (Lipinski definition) is 2. The molecule has 1 saturated heterocycles. The van der Waals surface area contributed by atoms with Gasteiger partial charge < -0.3 is 15.3 Å². The van der Waals surface area contributed by atoms with Gasteiger partial charge in [0, 0.05) is 24.4 Å². The molecule has 108 valence electrons. The van der Waals surface area contributed by atoms with Gasteiger partial charge in [0.05, 0.1) is 5.41 Å². The first-order chi connectivity index (χ1) is 8.91. The van der Waals surface area contributed by atoms with Crippen molar-refractivity contribution in [3.63, 3.8) is 0 Å². The smallest absolute Gasteiger partial charge is 0.317 e. The molecule has 6 heteroatoms. The van der Waals surface area contributed by atoms with E-state index in [1.54, 1.807) is 23.6 Å². The van der Waals surface area contributed by atoms with Gasteiger partial charge in [0.2, 0.25) is 0 Å². The van der Waals surface area contributed by atoms with E-state index in [0.29, 0.717) is 26.1 Å². The number of urea groups is 1. The number of carbonyl (C=O) groups is 2. The summed E-state index contributed by atoms with van der Waals surface area (Å²) in [6.45, 7) is 3.37. The van der Waals surface area contributed by atoms with Gasteiger partial charge in [0.15, 0.2) is 0 Å². The van der Waals surface area contributed by atoms with Crippen LogP contribution in [-0.2, 0) is 4.79 Å². The molecule has 1 saturated carbocycles. The minimum Gasteiger partial charge on any atom is -0.481 e. The third kappa shape index (κ3) is 3.16. The van der Waals surface area contributed by atoms with E-state index in [4.69, 9.17) is 0 Å². The van der Waals surface area contributed by atoms with Gasteiger partial charge in [-0.3, -0.25) is 4.79 Å². The van der Waals surface area contributed by atoms with Gasteiger partial charge in [-0.1, -0.05) is 0 Å². The third-order valence-corrected chi connectivity index (χ3v) is 5.72. The summed E-state index contributed by atoms with van der Waals surface area (Å²) < 4.78 is 0.238. The van der Waals surface area contributed by atoms with Gasteiger partial charge in [-0.2, -0.15) is 11.8 Å². The number of nitrogens with zero attached hydrogens (tertiary/aromatic N) is 1. The number of carboxylic acid groups (broad SMARTS) is 1. The number of thioether (sulfide) groups is 1. The van der Waals surface area contributed by atoms with Gasteiger partial charge in [-0.25, -0.2) is 4.79 Å². The number of piperidine rings is 1. The molecule has 1 unspecified atom stereocenters. The Hall–Kier alpha value is -0.910. The maximum absolute atomic E-state index is 12.1. The highest BCUT2D eigenvalue weighted by atomic mass is 32.2. The number of amides is 2. The Bertz CT molecular complexity index is 384. The van der Waals surface area contributed by atoms with Crippen LogP contribution in [0.1, 0.15) is 32.6 Å². The van der Waals surface area contributed by atoms with Crippen molar-refractivity contribution in [3.8, 4) is 0 Å². The number of carboxylic acids is 1. The normalized spacial score (nSPS) is 28.8. The summed E-state index contributed by atoms with van der Waals surface area (Å²) >= 11 is 1.80. The Morgan fingerprint density at radius 3 is 2.58 bits per heavy atom. The van der Waals surface area contributed by atoms with E-state index in [9.17, 15) is 14.7 Å². The molecule has 0 aromatic heterocycles. The topological polar surface area (TPSA) is 69.6 Å². The maximum atomic E-state index is 12.1. The molecule has 5 nitrogen and oxygen atoms in total. The molecule has 0 bridgehead atoms. The zero-order valence-electron chi connectivity index (χ0n) is 11.6. The van der Waals surface area contributed by atoms with Gasteiger partial charge in [-0.15, -0.1) is 0 Å². The summed E-state index contributed by atoms with van der Waals surface area (Å²) in [6.07, 6.45) is 5.77. The predicted molar refractivity (Wildman–Crippen MR) is 75.4 cm³/mol. The summed E-state index contributed by atoms with van der Waals surface area (Å²) in [6, 6.07) is -0.118. The van der Waals surface area contributed by atoms with Gasteiger partial charge in [0.1, 0.15) is 0 Å². The highest BCUT2D eigenvalue weighted by molar-refractivity contribution is 8.00. The Morgan fingerprint density at radius 2 is 2.05 bits per heavy atom. The molecule has 2 fully saturated rings. The van der Waals surface area contributed by atoms with Crippen LogP contribution < -0.4 is 5.32 Å². The van der Waals surface area contributed by atoms with Crippen LogP contribution in [-0.4, -0.2) is 52.6 Å². The molecule has 2 aliphatic rings. The Labute approximate surface area is 118 Å². The molecule has 0 aromatic carbocycles. The Morgan fingerprint density at radius 1 is 1.37 bits per heavy atom. The molecule has 19 heavy (non-hydrogen) atoms. The first-order valence-electron chi connectivity index (χ1n) is 6.72. The highest BCUT2D eigenvalue weighted by Gasteiger charge is 2.43. The monoisotopic (exact) mass is 286 g/mol.